The predicted octanol–water partition coefficient (Wildman–Crippen LogP) is 2.40. The highest BCUT2D eigenvalue weighted by Crippen LogP contribution is 2.28. The highest BCUT2D eigenvalue weighted by molar-refractivity contribution is 5.78. The average molecular weight is 240 g/mol. The topological polar surface area (TPSA) is 46.3 Å². The van der Waals surface area contributed by atoms with Crippen molar-refractivity contribution in [2.24, 2.45) is 17.6 Å². The Labute approximate surface area is 106 Å². The maximum Gasteiger partial charge on any atom is 0.225 e. The molecule has 100 valence electrons. The van der Waals surface area contributed by atoms with E-state index in [1.807, 2.05) is 11.9 Å². The van der Waals surface area contributed by atoms with Crippen molar-refractivity contribution in [2.45, 2.75) is 58.4 Å². The first kappa shape index (κ1) is 14.5. The molecule has 2 N–H and O–H groups in total. The Morgan fingerprint density at radius 1 is 1.35 bits per heavy atom. The Morgan fingerprint density at radius 3 is 2.65 bits per heavy atom. The molecule has 0 spiro atoms. The number of nitrogens with two attached hydrogens (primary N) is 1. The second kappa shape index (κ2) is 7.00. The maximum atomic E-state index is 12.2. The number of carbonyl (C=O) groups excluding carboxylic acids is 1. The first-order chi connectivity index (χ1) is 8.06. The molecule has 1 amide bonds. The Balaban J connectivity index is 2.36. The van der Waals surface area contributed by atoms with Gasteiger partial charge in [0.2, 0.25) is 5.91 Å². The summed E-state index contributed by atoms with van der Waals surface area (Å²) in [6, 6.07) is 0.210. The molecule has 3 heteroatoms. The van der Waals surface area contributed by atoms with Gasteiger partial charge in [-0.1, -0.05) is 26.7 Å². The van der Waals surface area contributed by atoms with Crippen molar-refractivity contribution in [2.75, 3.05) is 13.6 Å². The van der Waals surface area contributed by atoms with Crippen LogP contribution in [0.4, 0.5) is 0 Å². The van der Waals surface area contributed by atoms with Gasteiger partial charge in [-0.25, -0.2) is 0 Å². The lowest BCUT2D eigenvalue weighted by Crippen LogP contribution is -2.42. The number of rotatable bonds is 5. The Morgan fingerprint density at radius 2 is 2.06 bits per heavy atom. The Kier molecular flexibility index (Phi) is 5.96. The fraction of sp³-hybridized carbons (Fsp3) is 0.929. The first-order valence-corrected chi connectivity index (χ1v) is 7.06. The molecule has 3 nitrogen and oxygen atoms in total. The number of hydrogen-bond acceptors (Lipinski definition) is 2. The van der Waals surface area contributed by atoms with Crippen LogP contribution >= 0.6 is 0 Å². The second-order valence-corrected chi connectivity index (χ2v) is 5.62. The normalized spacial score (nSPS) is 29.1. The predicted molar refractivity (Wildman–Crippen MR) is 71.6 cm³/mol. The molecule has 0 aliphatic heterocycles. The van der Waals surface area contributed by atoms with E-state index in [1.165, 1.54) is 12.8 Å². The number of amides is 1. The summed E-state index contributed by atoms with van der Waals surface area (Å²) >= 11 is 0. The molecular weight excluding hydrogens is 212 g/mol. The second-order valence-electron chi connectivity index (χ2n) is 5.62. The van der Waals surface area contributed by atoms with Gasteiger partial charge in [-0.2, -0.15) is 0 Å². The fourth-order valence-corrected chi connectivity index (χ4v) is 2.60. The lowest BCUT2D eigenvalue weighted by Gasteiger charge is -2.33. The number of unbranched alkanes of at least 4 members (excludes halogenated alkanes) is 2. The third kappa shape index (κ3) is 4.30. The van der Waals surface area contributed by atoms with Gasteiger partial charge in [-0.15, -0.1) is 0 Å². The van der Waals surface area contributed by atoms with E-state index >= 15 is 0 Å². The van der Waals surface area contributed by atoms with Crippen LogP contribution in [0.25, 0.3) is 0 Å². The van der Waals surface area contributed by atoms with Gasteiger partial charge in [-0.3, -0.25) is 4.79 Å². The van der Waals surface area contributed by atoms with Gasteiger partial charge in [-0.05, 0) is 31.6 Å². The number of nitrogens with zero attached hydrogens (tertiary/aromatic N) is 1. The zero-order valence-corrected chi connectivity index (χ0v) is 11.6. The summed E-state index contributed by atoms with van der Waals surface area (Å²) in [6.07, 6.45) is 6.52. The van der Waals surface area contributed by atoms with Crippen molar-refractivity contribution in [3.05, 3.63) is 0 Å². The van der Waals surface area contributed by atoms with E-state index in [-0.39, 0.29) is 12.0 Å². The molecule has 1 aliphatic rings. The molecule has 0 saturated heterocycles. The van der Waals surface area contributed by atoms with Crippen molar-refractivity contribution >= 4 is 5.91 Å². The van der Waals surface area contributed by atoms with Gasteiger partial charge in [0, 0.05) is 25.6 Å². The van der Waals surface area contributed by atoms with Crippen molar-refractivity contribution in [1.82, 2.24) is 4.90 Å². The molecule has 0 aromatic rings. The quantitative estimate of drug-likeness (QED) is 0.750. The molecule has 0 bridgehead atoms. The van der Waals surface area contributed by atoms with Crippen LogP contribution in [0.3, 0.4) is 0 Å². The molecule has 0 heterocycles. The van der Waals surface area contributed by atoms with Gasteiger partial charge in [0.1, 0.15) is 0 Å². The molecule has 1 saturated carbocycles. The number of carbonyl (C=O) groups is 1. The zero-order chi connectivity index (χ0) is 12.8. The van der Waals surface area contributed by atoms with E-state index in [0.29, 0.717) is 11.8 Å². The van der Waals surface area contributed by atoms with Crippen molar-refractivity contribution < 1.29 is 4.79 Å². The molecule has 0 aromatic carbocycles. The summed E-state index contributed by atoms with van der Waals surface area (Å²) in [5.74, 6) is 1.06. The van der Waals surface area contributed by atoms with E-state index < -0.39 is 0 Å². The summed E-state index contributed by atoms with van der Waals surface area (Å²) in [5, 5.41) is 0. The monoisotopic (exact) mass is 240 g/mol. The van der Waals surface area contributed by atoms with Gasteiger partial charge >= 0.3 is 0 Å². The van der Waals surface area contributed by atoms with Crippen molar-refractivity contribution in [3.8, 4) is 0 Å². The largest absolute Gasteiger partial charge is 0.346 e. The maximum absolute atomic E-state index is 12.2. The van der Waals surface area contributed by atoms with E-state index in [0.717, 1.165) is 32.2 Å². The smallest absolute Gasteiger partial charge is 0.225 e. The van der Waals surface area contributed by atoms with Crippen LogP contribution in [-0.4, -0.2) is 30.4 Å². The van der Waals surface area contributed by atoms with E-state index in [9.17, 15) is 4.79 Å². The number of hydrogen-bond donors (Lipinski definition) is 1. The summed E-state index contributed by atoms with van der Waals surface area (Å²) in [5.41, 5.74) is 6.06. The van der Waals surface area contributed by atoms with Crippen molar-refractivity contribution in [3.63, 3.8) is 0 Å². The molecule has 1 aliphatic carbocycles. The minimum Gasteiger partial charge on any atom is -0.346 e. The van der Waals surface area contributed by atoms with Gasteiger partial charge < -0.3 is 10.6 Å². The fourth-order valence-electron chi connectivity index (χ4n) is 2.60. The lowest BCUT2D eigenvalue weighted by molar-refractivity contribution is -0.135. The Bertz CT molecular complexity index is 242. The van der Waals surface area contributed by atoms with Crippen LogP contribution in [0, 0.1) is 11.8 Å². The molecule has 3 unspecified atom stereocenters. The molecule has 17 heavy (non-hydrogen) atoms. The summed E-state index contributed by atoms with van der Waals surface area (Å²) in [4.78, 5) is 14.1. The third-order valence-electron chi connectivity index (χ3n) is 4.08. The minimum atomic E-state index is 0.174. The van der Waals surface area contributed by atoms with Crippen LogP contribution in [-0.2, 0) is 4.79 Å². The van der Waals surface area contributed by atoms with E-state index in [2.05, 4.69) is 13.8 Å². The zero-order valence-electron chi connectivity index (χ0n) is 11.6. The lowest BCUT2D eigenvalue weighted by atomic mass is 9.79. The highest BCUT2D eigenvalue weighted by atomic mass is 16.2. The molecule has 0 radical (unpaired) electrons. The van der Waals surface area contributed by atoms with Crippen LogP contribution in [0.2, 0.25) is 0 Å². The molecular formula is C14H28N2O. The highest BCUT2D eigenvalue weighted by Gasteiger charge is 2.30. The summed E-state index contributed by atoms with van der Waals surface area (Å²) < 4.78 is 0. The molecule has 3 atom stereocenters. The average Bonchev–Trinajstić information content (AvgIpc) is 2.32. The standard InChI is InChI=1S/C14H28N2O/c1-4-5-6-9-16(3)14(17)12-8-7-11(2)13(15)10-12/h11-13H,4-10,15H2,1-3H3. The molecule has 1 fully saturated rings. The van der Waals surface area contributed by atoms with E-state index in [1.54, 1.807) is 0 Å². The Hall–Kier alpha value is -0.570. The summed E-state index contributed by atoms with van der Waals surface area (Å²) in [6.45, 7) is 5.27. The van der Waals surface area contributed by atoms with Gasteiger partial charge in [0.15, 0.2) is 0 Å². The van der Waals surface area contributed by atoms with Crippen LogP contribution in [0.1, 0.15) is 52.4 Å². The van der Waals surface area contributed by atoms with Crippen molar-refractivity contribution in [1.29, 1.82) is 0 Å². The van der Waals surface area contributed by atoms with Crippen LogP contribution in [0.15, 0.2) is 0 Å². The minimum absolute atomic E-state index is 0.174. The third-order valence-corrected chi connectivity index (χ3v) is 4.08. The van der Waals surface area contributed by atoms with Gasteiger partial charge in [0.25, 0.3) is 0 Å². The SMILES string of the molecule is CCCCCN(C)C(=O)C1CCC(C)C(N)C1. The molecule has 1 rings (SSSR count). The summed E-state index contributed by atoms with van der Waals surface area (Å²) in [7, 11) is 1.93. The van der Waals surface area contributed by atoms with Crippen LogP contribution in [0.5, 0.6) is 0 Å². The van der Waals surface area contributed by atoms with Gasteiger partial charge in [0.05, 0.1) is 0 Å². The molecule has 0 aromatic heterocycles. The van der Waals surface area contributed by atoms with Crippen LogP contribution < -0.4 is 5.73 Å². The van der Waals surface area contributed by atoms with E-state index in [4.69, 9.17) is 5.73 Å². The first-order valence-electron chi connectivity index (χ1n) is 7.06.